The smallest absolute Gasteiger partial charge is 0.257 e. The number of aliphatic hydroxyl groups is 1. The second-order valence-corrected chi connectivity index (χ2v) is 6.08. The van der Waals surface area contributed by atoms with Crippen LogP contribution in [0.2, 0.25) is 0 Å². The van der Waals surface area contributed by atoms with E-state index in [0.29, 0.717) is 17.5 Å². The van der Waals surface area contributed by atoms with Crippen LogP contribution in [0.3, 0.4) is 0 Å². The maximum Gasteiger partial charge on any atom is 0.257 e. The molecule has 20 heavy (non-hydrogen) atoms. The number of carbonyl (C=O) groups is 1. The van der Waals surface area contributed by atoms with Crippen LogP contribution in [0.25, 0.3) is 0 Å². The monoisotopic (exact) mass is 275 g/mol. The minimum atomic E-state index is -1.02. The Morgan fingerprint density at radius 1 is 1.35 bits per heavy atom. The molecule has 5 heteroatoms. The zero-order chi connectivity index (χ0) is 14.4. The molecular weight excluding hydrogens is 254 g/mol. The van der Waals surface area contributed by atoms with E-state index in [1.807, 2.05) is 18.2 Å². The van der Waals surface area contributed by atoms with Crippen LogP contribution < -0.4 is 10.2 Å². The number of likely N-dealkylation sites (N-methyl/N-ethyl adjacent to an activating group) is 1. The Morgan fingerprint density at radius 3 is 2.75 bits per heavy atom. The first-order valence-electron chi connectivity index (χ1n) is 7.01. The first kappa shape index (κ1) is 13.4. The van der Waals surface area contributed by atoms with E-state index >= 15 is 0 Å². The molecule has 2 N–H and O–H groups in total. The maximum absolute atomic E-state index is 11.5. The second-order valence-electron chi connectivity index (χ2n) is 6.08. The first-order valence-corrected chi connectivity index (χ1v) is 7.01. The fourth-order valence-electron chi connectivity index (χ4n) is 3.26. The molecule has 0 radical (unpaired) electrons. The lowest BCUT2D eigenvalue weighted by atomic mass is 10.1. The highest BCUT2D eigenvalue weighted by molar-refractivity contribution is 6.02. The largest absolute Gasteiger partial charge is 0.378 e. The predicted octanol–water partition coefficient (Wildman–Crippen LogP) is 1.06. The Morgan fingerprint density at radius 2 is 2.10 bits per heavy atom. The Bertz CT molecular complexity index is 544. The number of amides is 1. The molecule has 0 aliphatic carbocycles. The molecule has 3 unspecified atom stereocenters. The van der Waals surface area contributed by atoms with Gasteiger partial charge in [0.25, 0.3) is 5.91 Å². The van der Waals surface area contributed by atoms with E-state index in [2.05, 4.69) is 36.1 Å². The molecule has 3 rings (SSSR count). The van der Waals surface area contributed by atoms with Gasteiger partial charge in [-0.15, -0.1) is 0 Å². The highest BCUT2D eigenvalue weighted by atomic mass is 16.3. The summed E-state index contributed by atoms with van der Waals surface area (Å²) in [5, 5.41) is 12.5. The van der Waals surface area contributed by atoms with Crippen molar-refractivity contribution in [3.63, 3.8) is 0 Å². The maximum atomic E-state index is 11.5. The average molecular weight is 275 g/mol. The van der Waals surface area contributed by atoms with Crippen molar-refractivity contribution in [2.24, 2.45) is 5.92 Å². The summed E-state index contributed by atoms with van der Waals surface area (Å²) in [5.41, 5.74) is 2.52. The van der Waals surface area contributed by atoms with Gasteiger partial charge in [0.15, 0.2) is 6.10 Å². The quantitative estimate of drug-likeness (QED) is 0.847. The molecule has 2 aliphatic heterocycles. The molecule has 108 valence electrons. The highest BCUT2D eigenvalue weighted by Gasteiger charge is 2.33. The summed E-state index contributed by atoms with van der Waals surface area (Å²) in [6.07, 6.45) is -1.02. The van der Waals surface area contributed by atoms with Gasteiger partial charge in [-0.25, -0.2) is 0 Å². The number of benzene rings is 1. The molecule has 0 bridgehead atoms. The number of hydrogen-bond donors (Lipinski definition) is 2. The van der Waals surface area contributed by atoms with Gasteiger partial charge >= 0.3 is 0 Å². The summed E-state index contributed by atoms with van der Waals surface area (Å²) < 4.78 is 0. The van der Waals surface area contributed by atoms with Gasteiger partial charge in [0.1, 0.15) is 0 Å². The van der Waals surface area contributed by atoms with Gasteiger partial charge in [0, 0.05) is 36.1 Å². The summed E-state index contributed by atoms with van der Waals surface area (Å²) in [6.45, 7) is 4.27. The van der Waals surface area contributed by atoms with E-state index in [0.717, 1.165) is 24.5 Å². The second kappa shape index (κ2) is 4.75. The van der Waals surface area contributed by atoms with Crippen molar-refractivity contribution in [3.8, 4) is 0 Å². The third kappa shape index (κ3) is 2.07. The molecule has 1 amide bonds. The van der Waals surface area contributed by atoms with E-state index in [1.54, 1.807) is 0 Å². The van der Waals surface area contributed by atoms with Gasteiger partial charge in [-0.2, -0.15) is 0 Å². The van der Waals surface area contributed by atoms with Crippen LogP contribution in [0.15, 0.2) is 18.2 Å². The van der Waals surface area contributed by atoms with Crippen molar-refractivity contribution in [1.82, 2.24) is 4.90 Å². The summed E-state index contributed by atoms with van der Waals surface area (Å²) in [4.78, 5) is 16.1. The lowest BCUT2D eigenvalue weighted by molar-refractivity contribution is -0.123. The van der Waals surface area contributed by atoms with Gasteiger partial charge in [0.2, 0.25) is 0 Å². The van der Waals surface area contributed by atoms with Crippen LogP contribution in [0.5, 0.6) is 0 Å². The molecule has 1 aromatic rings. The number of anilines is 2. The zero-order valence-corrected chi connectivity index (χ0v) is 12.1. The molecule has 0 spiro atoms. The summed E-state index contributed by atoms with van der Waals surface area (Å²) in [7, 11) is 4.23. The number of nitrogens with zero attached hydrogens (tertiary/aromatic N) is 2. The van der Waals surface area contributed by atoms with Gasteiger partial charge in [0.05, 0.1) is 0 Å². The van der Waals surface area contributed by atoms with Gasteiger partial charge in [-0.3, -0.25) is 4.79 Å². The van der Waals surface area contributed by atoms with Crippen LogP contribution in [0.4, 0.5) is 11.4 Å². The zero-order valence-electron chi connectivity index (χ0n) is 12.1. The van der Waals surface area contributed by atoms with E-state index in [-0.39, 0.29) is 5.91 Å². The molecular formula is C15H21N3O2. The summed E-state index contributed by atoms with van der Waals surface area (Å²) >= 11 is 0. The molecule has 2 aliphatic rings. The number of aliphatic hydroxyl groups excluding tert-OH is 1. The van der Waals surface area contributed by atoms with E-state index < -0.39 is 6.10 Å². The fourth-order valence-corrected chi connectivity index (χ4v) is 3.26. The Balaban J connectivity index is 1.83. The SMILES string of the molecule is CC1CN(c2ccc3c(c2)NC(=O)C3O)CC1N(C)C. The van der Waals surface area contributed by atoms with Crippen LogP contribution in [-0.2, 0) is 4.79 Å². The van der Waals surface area contributed by atoms with Crippen molar-refractivity contribution in [2.75, 3.05) is 37.4 Å². The molecule has 5 nitrogen and oxygen atoms in total. The predicted molar refractivity (Wildman–Crippen MR) is 78.9 cm³/mol. The fraction of sp³-hybridized carbons (Fsp3) is 0.533. The number of carbonyl (C=O) groups excluding carboxylic acids is 1. The van der Waals surface area contributed by atoms with Crippen molar-refractivity contribution in [1.29, 1.82) is 0 Å². The van der Waals surface area contributed by atoms with Gasteiger partial charge < -0.3 is 20.2 Å². The summed E-state index contributed by atoms with van der Waals surface area (Å²) in [6, 6.07) is 6.35. The van der Waals surface area contributed by atoms with Crippen LogP contribution in [-0.4, -0.2) is 49.1 Å². The molecule has 1 aromatic carbocycles. The van der Waals surface area contributed by atoms with Crippen LogP contribution >= 0.6 is 0 Å². The van der Waals surface area contributed by atoms with Crippen LogP contribution in [0.1, 0.15) is 18.6 Å². The molecule has 2 heterocycles. The van der Waals surface area contributed by atoms with E-state index in [4.69, 9.17) is 0 Å². The number of rotatable bonds is 2. The Kier molecular flexibility index (Phi) is 3.18. The van der Waals surface area contributed by atoms with Gasteiger partial charge in [-0.1, -0.05) is 13.0 Å². The molecule has 1 saturated heterocycles. The molecule has 0 aromatic heterocycles. The normalized spacial score (nSPS) is 28.9. The standard InChI is InChI=1S/C15H21N3O2/c1-9-7-18(8-13(9)17(2)3)10-4-5-11-12(6-10)16-15(20)14(11)19/h4-6,9,13-14,19H,7-8H2,1-3H3,(H,16,20). The Labute approximate surface area is 119 Å². The van der Waals surface area contributed by atoms with Crippen LogP contribution in [0, 0.1) is 5.92 Å². The summed E-state index contributed by atoms with van der Waals surface area (Å²) in [5.74, 6) is 0.275. The topological polar surface area (TPSA) is 55.8 Å². The third-order valence-electron chi connectivity index (χ3n) is 4.44. The number of nitrogens with one attached hydrogen (secondary N) is 1. The van der Waals surface area contributed by atoms with Crippen molar-refractivity contribution < 1.29 is 9.90 Å². The minimum Gasteiger partial charge on any atom is -0.378 e. The van der Waals surface area contributed by atoms with E-state index in [1.165, 1.54) is 0 Å². The number of fused-ring (bicyclic) bond motifs is 1. The molecule has 0 saturated carbocycles. The Hall–Kier alpha value is -1.59. The first-order chi connectivity index (χ1) is 9.47. The lowest BCUT2D eigenvalue weighted by Crippen LogP contribution is -2.34. The van der Waals surface area contributed by atoms with Crippen molar-refractivity contribution in [2.45, 2.75) is 19.1 Å². The number of hydrogen-bond acceptors (Lipinski definition) is 4. The van der Waals surface area contributed by atoms with Crippen molar-refractivity contribution >= 4 is 17.3 Å². The third-order valence-corrected chi connectivity index (χ3v) is 4.44. The van der Waals surface area contributed by atoms with Gasteiger partial charge in [-0.05, 0) is 32.1 Å². The van der Waals surface area contributed by atoms with E-state index in [9.17, 15) is 9.90 Å². The minimum absolute atomic E-state index is 0.335. The average Bonchev–Trinajstić information content (AvgIpc) is 2.91. The molecule has 3 atom stereocenters. The highest BCUT2D eigenvalue weighted by Crippen LogP contribution is 2.35. The van der Waals surface area contributed by atoms with Crippen molar-refractivity contribution in [3.05, 3.63) is 23.8 Å². The molecule has 1 fully saturated rings. The lowest BCUT2D eigenvalue weighted by Gasteiger charge is -2.23.